The Kier molecular flexibility index (Phi) is 3.86. The van der Waals surface area contributed by atoms with Crippen LogP contribution in [0.15, 0.2) is 0 Å². The van der Waals surface area contributed by atoms with Crippen LogP contribution in [0.5, 0.6) is 0 Å². The van der Waals surface area contributed by atoms with Crippen molar-refractivity contribution < 1.29 is 17.4 Å². The van der Waals surface area contributed by atoms with Crippen LogP contribution in [0.2, 0.25) is 0 Å². The zero-order valence-electron chi connectivity index (χ0n) is 6.94. The molecule has 0 saturated heterocycles. The first-order chi connectivity index (χ1) is 4.71. The summed E-state index contributed by atoms with van der Waals surface area (Å²) < 4.78 is 24.1. The van der Waals surface area contributed by atoms with E-state index in [4.69, 9.17) is 4.55 Å². The maximum absolute atomic E-state index is 10.4. The van der Waals surface area contributed by atoms with Crippen molar-refractivity contribution in [1.82, 2.24) is 0 Å². The van der Waals surface area contributed by atoms with Gasteiger partial charge in [-0.25, -0.2) is 0 Å². The molecule has 4 nitrogen and oxygen atoms in total. The third kappa shape index (κ3) is 10.2. The summed E-state index contributed by atoms with van der Waals surface area (Å²) in [6.07, 6.45) is 0. The smallest absolute Gasteiger partial charge is 0.266 e. The van der Waals surface area contributed by atoms with Gasteiger partial charge >= 0.3 is 0 Å². The van der Waals surface area contributed by atoms with Crippen molar-refractivity contribution in [3.8, 4) is 0 Å². The molecule has 0 saturated carbocycles. The van der Waals surface area contributed by atoms with Crippen LogP contribution in [0.3, 0.4) is 0 Å². The molecule has 6 heteroatoms. The summed E-state index contributed by atoms with van der Waals surface area (Å²) in [5.74, 6) is 0. The molecule has 0 fully saturated rings. The highest BCUT2D eigenvalue weighted by Gasteiger charge is 2.08. The van der Waals surface area contributed by atoms with Crippen LogP contribution >= 0.6 is 0 Å². The van der Waals surface area contributed by atoms with Gasteiger partial charge in [-0.3, -0.25) is 8.74 Å². The zero-order chi connectivity index (χ0) is 9.12. The molecule has 68 valence electrons. The maximum atomic E-state index is 10.4. The Morgan fingerprint density at radius 3 is 2.27 bits per heavy atom. The van der Waals surface area contributed by atoms with E-state index in [0.29, 0.717) is 11.0 Å². The number of quaternary nitrogens is 1. The molecule has 0 aromatic carbocycles. The highest BCUT2D eigenvalue weighted by molar-refractivity contribution is 8.27. The molecular formula is C5H14NO3S2+. The summed E-state index contributed by atoms with van der Waals surface area (Å²) in [6.45, 7) is 0.872. The Bertz CT molecular complexity index is 204. The third-order valence-corrected chi connectivity index (χ3v) is 1.75. The van der Waals surface area contributed by atoms with Gasteiger partial charge < -0.3 is 4.48 Å². The number of rotatable bonds is 4. The standard InChI is InChI=1S/C5H13NO3S2/c1-6(2,3)4-5-9-11(7,8)10/h4-5H2,1-3H3/p+1. The summed E-state index contributed by atoms with van der Waals surface area (Å²) in [4.78, 5) is 0. The molecule has 0 spiro atoms. The van der Waals surface area contributed by atoms with E-state index in [1.54, 1.807) is 0 Å². The molecule has 0 aromatic heterocycles. The van der Waals surface area contributed by atoms with Crippen LogP contribution in [-0.4, -0.2) is 47.5 Å². The fraction of sp³-hybridized carbons (Fsp3) is 1.00. The van der Waals surface area contributed by atoms with Gasteiger partial charge in [0.2, 0.25) is 0 Å². The molecule has 1 atom stereocenters. The van der Waals surface area contributed by atoms with Gasteiger partial charge in [-0.1, -0.05) is 0 Å². The maximum Gasteiger partial charge on any atom is 0.266 e. The van der Waals surface area contributed by atoms with Gasteiger partial charge in [-0.2, -0.15) is 4.21 Å². The SMILES string of the molecule is C[N+](C)(C)CCOS(=O)(O)=S. The fourth-order valence-electron chi connectivity index (χ4n) is 0.416. The Labute approximate surface area is 72.4 Å². The number of hydrogen-bond acceptors (Lipinski definition) is 3. The summed E-state index contributed by atoms with van der Waals surface area (Å²) >= 11 is 4.13. The third-order valence-electron chi connectivity index (χ3n) is 0.994. The van der Waals surface area contributed by atoms with E-state index in [2.05, 4.69) is 15.4 Å². The van der Waals surface area contributed by atoms with Gasteiger partial charge in [0.1, 0.15) is 13.2 Å². The van der Waals surface area contributed by atoms with Crippen molar-refractivity contribution in [2.45, 2.75) is 0 Å². The number of nitrogens with zero attached hydrogens (tertiary/aromatic N) is 1. The lowest BCUT2D eigenvalue weighted by atomic mass is 10.5. The second kappa shape index (κ2) is 3.77. The molecule has 1 unspecified atom stereocenters. The lowest BCUT2D eigenvalue weighted by Crippen LogP contribution is -2.37. The van der Waals surface area contributed by atoms with E-state index in [1.165, 1.54) is 0 Å². The fourth-order valence-corrected chi connectivity index (χ4v) is 0.906. The minimum absolute atomic E-state index is 0.211. The van der Waals surface area contributed by atoms with Crippen LogP contribution in [0.4, 0.5) is 0 Å². The van der Waals surface area contributed by atoms with E-state index >= 15 is 0 Å². The quantitative estimate of drug-likeness (QED) is 0.641. The molecule has 0 heterocycles. The molecule has 0 aliphatic rings. The highest BCUT2D eigenvalue weighted by atomic mass is 32.9. The van der Waals surface area contributed by atoms with Crippen LogP contribution in [0.1, 0.15) is 0 Å². The normalized spacial score (nSPS) is 17.8. The second-order valence-electron chi connectivity index (χ2n) is 3.26. The van der Waals surface area contributed by atoms with Gasteiger partial charge in [0.25, 0.3) is 9.05 Å². The molecule has 0 aliphatic heterocycles. The molecule has 1 N–H and O–H groups in total. The molecule has 11 heavy (non-hydrogen) atoms. The number of likely N-dealkylation sites (N-methyl/N-ethyl adjacent to an activating group) is 1. The van der Waals surface area contributed by atoms with E-state index in [9.17, 15) is 4.21 Å². The average Bonchev–Trinajstić information content (AvgIpc) is 1.55. The molecule has 0 aliphatic carbocycles. The lowest BCUT2D eigenvalue weighted by molar-refractivity contribution is -0.870. The molecule has 0 amide bonds. The number of hydrogen-bond donors (Lipinski definition) is 1. The first-order valence-electron chi connectivity index (χ1n) is 3.13. The summed E-state index contributed by atoms with van der Waals surface area (Å²) in [5, 5.41) is 0. The molecule has 0 aromatic rings. The first-order valence-corrected chi connectivity index (χ1v) is 5.49. The van der Waals surface area contributed by atoms with Crippen LogP contribution in [-0.2, 0) is 24.4 Å². The van der Waals surface area contributed by atoms with E-state index in [-0.39, 0.29) is 6.61 Å². The Morgan fingerprint density at radius 2 is 2.00 bits per heavy atom. The summed E-state index contributed by atoms with van der Waals surface area (Å²) in [5.41, 5.74) is 0. The Hall–Kier alpha value is 0.250. The van der Waals surface area contributed by atoms with Crippen LogP contribution in [0, 0.1) is 0 Å². The predicted octanol–water partition coefficient (Wildman–Crippen LogP) is -0.157. The van der Waals surface area contributed by atoms with Crippen LogP contribution in [0.25, 0.3) is 0 Å². The van der Waals surface area contributed by atoms with Crippen molar-refractivity contribution in [3.05, 3.63) is 0 Å². The van der Waals surface area contributed by atoms with Crippen molar-refractivity contribution in [1.29, 1.82) is 0 Å². The zero-order valence-corrected chi connectivity index (χ0v) is 8.57. The Balaban J connectivity index is 3.61. The van der Waals surface area contributed by atoms with Crippen molar-refractivity contribution in [2.24, 2.45) is 0 Å². The van der Waals surface area contributed by atoms with E-state index < -0.39 is 9.05 Å². The predicted molar refractivity (Wildman–Crippen MR) is 47.0 cm³/mol. The second-order valence-corrected chi connectivity index (χ2v) is 5.62. The molecule has 0 bridgehead atoms. The minimum Gasteiger partial charge on any atom is -0.329 e. The van der Waals surface area contributed by atoms with Crippen LogP contribution < -0.4 is 0 Å². The van der Waals surface area contributed by atoms with Crippen molar-refractivity contribution in [3.63, 3.8) is 0 Å². The summed E-state index contributed by atoms with van der Waals surface area (Å²) in [6, 6.07) is 0. The average molecular weight is 200 g/mol. The minimum atomic E-state index is -3.42. The first kappa shape index (κ1) is 11.2. The van der Waals surface area contributed by atoms with Crippen molar-refractivity contribution in [2.75, 3.05) is 34.3 Å². The largest absolute Gasteiger partial charge is 0.329 e. The monoisotopic (exact) mass is 200 g/mol. The van der Waals surface area contributed by atoms with Gasteiger partial charge in [-0.05, 0) is 0 Å². The lowest BCUT2D eigenvalue weighted by Gasteiger charge is -2.23. The topological polar surface area (TPSA) is 46.5 Å². The van der Waals surface area contributed by atoms with Gasteiger partial charge in [0.15, 0.2) is 0 Å². The van der Waals surface area contributed by atoms with E-state index in [1.807, 2.05) is 21.1 Å². The molecule has 0 rings (SSSR count). The highest BCUT2D eigenvalue weighted by Crippen LogP contribution is 1.92. The molecule has 0 radical (unpaired) electrons. The van der Waals surface area contributed by atoms with Gasteiger partial charge in [0.05, 0.1) is 21.1 Å². The molecular weight excluding hydrogens is 186 g/mol. The van der Waals surface area contributed by atoms with Crippen molar-refractivity contribution >= 4 is 20.2 Å². The van der Waals surface area contributed by atoms with Gasteiger partial charge in [-0.15, -0.1) is 0 Å². The van der Waals surface area contributed by atoms with Gasteiger partial charge in [0, 0.05) is 11.2 Å². The van der Waals surface area contributed by atoms with E-state index in [0.717, 1.165) is 0 Å². The summed E-state index contributed by atoms with van der Waals surface area (Å²) in [7, 11) is 2.47. The Morgan fingerprint density at radius 1 is 1.55 bits per heavy atom.